The molecule has 3 fully saturated rings. The summed E-state index contributed by atoms with van der Waals surface area (Å²) in [5.41, 5.74) is 6.63. The summed E-state index contributed by atoms with van der Waals surface area (Å²) in [5, 5.41) is 0. The van der Waals surface area contributed by atoms with Gasteiger partial charge in [-0.1, -0.05) is 0 Å². The van der Waals surface area contributed by atoms with Crippen LogP contribution in [0.25, 0.3) is 0 Å². The summed E-state index contributed by atoms with van der Waals surface area (Å²) in [5.74, 6) is -0.339. The molecule has 0 aromatic carbocycles. The van der Waals surface area contributed by atoms with Gasteiger partial charge in [-0.2, -0.15) is 0 Å². The summed E-state index contributed by atoms with van der Waals surface area (Å²) in [6, 6.07) is 0.627. The Morgan fingerprint density at radius 1 is 1.15 bits per heavy atom. The molecule has 5 nitrogen and oxygen atoms in total. The van der Waals surface area contributed by atoms with Crippen LogP contribution in [0.3, 0.4) is 0 Å². The number of nitrogens with zero attached hydrogens (tertiary/aromatic N) is 2. The second-order valence-corrected chi connectivity index (χ2v) is 7.29. The van der Waals surface area contributed by atoms with Crippen molar-refractivity contribution in [2.75, 3.05) is 39.9 Å². The summed E-state index contributed by atoms with van der Waals surface area (Å²) in [6.45, 7) is 9.35. The van der Waals surface area contributed by atoms with Crippen LogP contribution >= 0.6 is 0 Å². The third kappa shape index (κ3) is 2.62. The predicted octanol–water partition coefficient (Wildman–Crippen LogP) is 0.635. The van der Waals surface area contributed by atoms with Crippen molar-refractivity contribution in [3.05, 3.63) is 0 Å². The fourth-order valence-electron chi connectivity index (χ4n) is 3.87. The summed E-state index contributed by atoms with van der Waals surface area (Å²) >= 11 is 0. The minimum atomic E-state index is -0.339. The lowest BCUT2D eigenvalue weighted by atomic mass is 9.83. The Morgan fingerprint density at radius 2 is 1.85 bits per heavy atom. The van der Waals surface area contributed by atoms with Crippen LogP contribution in [0.4, 0.5) is 0 Å². The van der Waals surface area contributed by atoms with Crippen LogP contribution in [0.2, 0.25) is 0 Å². The van der Waals surface area contributed by atoms with Gasteiger partial charge in [0.15, 0.2) is 5.79 Å². The molecule has 0 radical (unpaired) electrons. The van der Waals surface area contributed by atoms with E-state index in [1.165, 1.54) is 0 Å². The predicted molar refractivity (Wildman–Crippen MR) is 78.5 cm³/mol. The minimum absolute atomic E-state index is 0.208. The standard InChI is InChI=1S/C15H29N3O2/c1-14(2)11-18(7-6-17(14)3)13-10-15(5-4-12(13)16)19-8-9-20-15/h12-13H,4-11,16H2,1-3H3. The summed E-state index contributed by atoms with van der Waals surface area (Å²) in [6.07, 6.45) is 2.87. The molecule has 20 heavy (non-hydrogen) atoms. The summed E-state index contributed by atoms with van der Waals surface area (Å²) in [4.78, 5) is 5.01. The van der Waals surface area contributed by atoms with Crippen LogP contribution in [-0.4, -0.2) is 73.1 Å². The molecular weight excluding hydrogens is 254 g/mol. The van der Waals surface area contributed by atoms with Gasteiger partial charge in [-0.15, -0.1) is 0 Å². The highest BCUT2D eigenvalue weighted by Gasteiger charge is 2.47. The first-order valence-corrected chi connectivity index (χ1v) is 7.91. The molecule has 1 spiro atoms. The highest BCUT2D eigenvalue weighted by Crippen LogP contribution is 2.38. The van der Waals surface area contributed by atoms with Gasteiger partial charge in [-0.3, -0.25) is 9.80 Å². The Hall–Kier alpha value is -0.200. The maximum absolute atomic E-state index is 6.42. The van der Waals surface area contributed by atoms with Crippen molar-refractivity contribution in [1.29, 1.82) is 0 Å². The van der Waals surface area contributed by atoms with Crippen LogP contribution in [-0.2, 0) is 9.47 Å². The van der Waals surface area contributed by atoms with E-state index in [1.54, 1.807) is 0 Å². The smallest absolute Gasteiger partial charge is 0.170 e. The van der Waals surface area contributed by atoms with Gasteiger partial charge in [0.1, 0.15) is 0 Å². The fraction of sp³-hybridized carbons (Fsp3) is 1.00. The number of rotatable bonds is 1. The Balaban J connectivity index is 1.71. The van der Waals surface area contributed by atoms with E-state index in [2.05, 4.69) is 30.7 Å². The van der Waals surface area contributed by atoms with Crippen molar-refractivity contribution < 1.29 is 9.47 Å². The van der Waals surface area contributed by atoms with Crippen molar-refractivity contribution in [1.82, 2.24) is 9.80 Å². The van der Waals surface area contributed by atoms with Crippen LogP contribution in [0.5, 0.6) is 0 Å². The Morgan fingerprint density at radius 3 is 2.50 bits per heavy atom. The van der Waals surface area contributed by atoms with E-state index in [4.69, 9.17) is 15.2 Å². The Kier molecular flexibility index (Phi) is 3.84. The van der Waals surface area contributed by atoms with Gasteiger partial charge in [-0.25, -0.2) is 0 Å². The first-order chi connectivity index (χ1) is 9.42. The molecule has 2 heterocycles. The van der Waals surface area contributed by atoms with E-state index in [-0.39, 0.29) is 17.4 Å². The molecule has 0 aromatic heterocycles. The molecule has 3 aliphatic rings. The van der Waals surface area contributed by atoms with Gasteiger partial charge in [0.25, 0.3) is 0 Å². The molecule has 2 unspecified atom stereocenters. The molecular formula is C15H29N3O2. The maximum Gasteiger partial charge on any atom is 0.170 e. The number of likely N-dealkylation sites (N-methyl/N-ethyl adjacent to an activating group) is 1. The summed E-state index contributed by atoms with van der Waals surface area (Å²) in [7, 11) is 2.21. The molecule has 2 N–H and O–H groups in total. The molecule has 1 aliphatic carbocycles. The van der Waals surface area contributed by atoms with Crippen molar-refractivity contribution >= 4 is 0 Å². The highest BCUT2D eigenvalue weighted by molar-refractivity contribution is 4.99. The number of hydrogen-bond acceptors (Lipinski definition) is 5. The van der Waals surface area contributed by atoms with Crippen molar-refractivity contribution in [2.45, 2.75) is 56.5 Å². The third-order valence-corrected chi connectivity index (χ3v) is 5.50. The number of nitrogens with two attached hydrogens (primary N) is 1. The Bertz CT molecular complexity index is 355. The van der Waals surface area contributed by atoms with Crippen molar-refractivity contribution in [3.8, 4) is 0 Å². The van der Waals surface area contributed by atoms with Crippen LogP contribution in [0.1, 0.15) is 33.1 Å². The van der Waals surface area contributed by atoms with E-state index < -0.39 is 0 Å². The first kappa shape index (κ1) is 14.7. The van der Waals surface area contributed by atoms with Gasteiger partial charge >= 0.3 is 0 Å². The number of hydrogen-bond donors (Lipinski definition) is 1. The third-order valence-electron chi connectivity index (χ3n) is 5.50. The van der Waals surface area contributed by atoms with Gasteiger partial charge in [0, 0.05) is 50.1 Å². The average molecular weight is 283 g/mol. The molecule has 1 saturated carbocycles. The topological polar surface area (TPSA) is 51.0 Å². The average Bonchev–Trinajstić information content (AvgIpc) is 2.85. The van der Waals surface area contributed by atoms with Gasteiger partial charge in [-0.05, 0) is 27.3 Å². The van der Waals surface area contributed by atoms with E-state index in [1.807, 2.05) is 0 Å². The Labute approximate surface area is 122 Å². The number of piperazine rings is 1. The molecule has 2 saturated heterocycles. The molecule has 2 atom stereocenters. The zero-order chi connectivity index (χ0) is 14.4. The molecule has 0 amide bonds. The van der Waals surface area contributed by atoms with E-state index in [9.17, 15) is 0 Å². The van der Waals surface area contributed by atoms with E-state index in [0.29, 0.717) is 6.04 Å². The molecule has 0 bridgehead atoms. The molecule has 0 aromatic rings. The minimum Gasteiger partial charge on any atom is -0.347 e. The molecule has 5 heteroatoms. The number of ether oxygens (including phenoxy) is 2. The lowest BCUT2D eigenvalue weighted by Gasteiger charge is -2.51. The monoisotopic (exact) mass is 283 g/mol. The van der Waals surface area contributed by atoms with Crippen LogP contribution in [0.15, 0.2) is 0 Å². The molecule has 3 rings (SSSR count). The van der Waals surface area contributed by atoms with Gasteiger partial charge in [0.05, 0.1) is 13.2 Å². The second kappa shape index (κ2) is 5.21. The molecule has 116 valence electrons. The SMILES string of the molecule is CN1CCN(C2CC3(CCC2N)OCCO3)CC1(C)C. The largest absolute Gasteiger partial charge is 0.347 e. The van der Waals surface area contributed by atoms with E-state index >= 15 is 0 Å². The summed E-state index contributed by atoms with van der Waals surface area (Å²) < 4.78 is 11.8. The second-order valence-electron chi connectivity index (χ2n) is 7.29. The maximum atomic E-state index is 6.42. The quantitative estimate of drug-likeness (QED) is 0.765. The zero-order valence-corrected chi connectivity index (χ0v) is 13.1. The van der Waals surface area contributed by atoms with Crippen molar-refractivity contribution in [2.24, 2.45) is 5.73 Å². The highest BCUT2D eigenvalue weighted by atomic mass is 16.7. The van der Waals surface area contributed by atoms with E-state index in [0.717, 1.165) is 52.1 Å². The normalized spacial score (nSPS) is 38.4. The van der Waals surface area contributed by atoms with Crippen LogP contribution in [0, 0.1) is 0 Å². The van der Waals surface area contributed by atoms with Gasteiger partial charge < -0.3 is 15.2 Å². The van der Waals surface area contributed by atoms with Crippen LogP contribution < -0.4 is 5.73 Å². The fourth-order valence-corrected chi connectivity index (χ4v) is 3.87. The van der Waals surface area contributed by atoms with Gasteiger partial charge in [0.2, 0.25) is 0 Å². The van der Waals surface area contributed by atoms with Crippen molar-refractivity contribution in [3.63, 3.8) is 0 Å². The zero-order valence-electron chi connectivity index (χ0n) is 13.1. The lowest BCUT2D eigenvalue weighted by Crippen LogP contribution is -2.65. The first-order valence-electron chi connectivity index (χ1n) is 7.91. The molecule has 2 aliphatic heterocycles. The lowest BCUT2D eigenvalue weighted by molar-refractivity contribution is -0.194.